The molecule has 6 heteroatoms. The number of ether oxygens (including phenoxy) is 1. The molecule has 0 spiro atoms. The predicted molar refractivity (Wildman–Crippen MR) is 118 cm³/mol. The highest BCUT2D eigenvalue weighted by Crippen LogP contribution is 2.26. The van der Waals surface area contributed by atoms with Gasteiger partial charge in [-0.3, -0.25) is 4.79 Å². The zero-order valence-electron chi connectivity index (χ0n) is 18.0. The molecule has 2 aliphatic heterocycles. The first-order valence-corrected chi connectivity index (χ1v) is 11.0. The Hall–Kier alpha value is -2.76. The molecule has 1 atom stereocenters. The average molecular weight is 410 g/mol. The Labute approximate surface area is 178 Å². The van der Waals surface area contributed by atoms with Gasteiger partial charge in [0.1, 0.15) is 5.75 Å². The van der Waals surface area contributed by atoms with Crippen molar-refractivity contribution in [3.8, 4) is 5.75 Å². The molecule has 0 aromatic heterocycles. The van der Waals surface area contributed by atoms with Gasteiger partial charge in [0.15, 0.2) is 0 Å². The number of carbonyl (C=O) groups is 2. The molecule has 0 saturated carbocycles. The first kappa shape index (κ1) is 20.5. The number of rotatable bonds is 3. The molecule has 2 aromatic rings. The Morgan fingerprint density at radius 1 is 0.800 bits per heavy atom. The van der Waals surface area contributed by atoms with Gasteiger partial charge in [0.2, 0.25) is 5.91 Å². The van der Waals surface area contributed by atoms with Crippen LogP contribution in [0.15, 0.2) is 36.4 Å². The summed E-state index contributed by atoms with van der Waals surface area (Å²) in [6.07, 6.45) is 3.41. The van der Waals surface area contributed by atoms with Crippen molar-refractivity contribution in [1.29, 1.82) is 0 Å². The molecular formula is C24H31N3O3. The fraction of sp³-hybridized carbons (Fsp3) is 0.500. The van der Waals surface area contributed by atoms with Gasteiger partial charge in [-0.05, 0) is 54.7 Å². The van der Waals surface area contributed by atoms with Gasteiger partial charge < -0.3 is 19.4 Å². The third kappa shape index (κ3) is 4.23. The number of hydrogen-bond donors (Lipinski definition) is 0. The molecule has 2 fully saturated rings. The van der Waals surface area contributed by atoms with Gasteiger partial charge in [0.25, 0.3) is 0 Å². The molecule has 160 valence electrons. The summed E-state index contributed by atoms with van der Waals surface area (Å²) in [6.45, 7) is 6.14. The molecule has 0 unspecified atom stereocenters. The molecule has 4 rings (SSSR count). The first-order valence-electron chi connectivity index (χ1n) is 11.0. The van der Waals surface area contributed by atoms with Crippen LogP contribution in [0.4, 0.5) is 4.79 Å². The Morgan fingerprint density at radius 3 is 2.10 bits per heavy atom. The van der Waals surface area contributed by atoms with Crippen LogP contribution < -0.4 is 4.74 Å². The van der Waals surface area contributed by atoms with Crippen LogP contribution in [0.5, 0.6) is 5.75 Å². The van der Waals surface area contributed by atoms with Gasteiger partial charge in [-0.25, -0.2) is 4.79 Å². The smallest absolute Gasteiger partial charge is 0.320 e. The maximum Gasteiger partial charge on any atom is 0.320 e. The minimum absolute atomic E-state index is 0.132. The summed E-state index contributed by atoms with van der Waals surface area (Å²) < 4.78 is 5.29. The second-order valence-corrected chi connectivity index (χ2v) is 8.34. The summed E-state index contributed by atoms with van der Waals surface area (Å²) in [5.41, 5.74) is 1.02. The number of methoxy groups -OCH3 is 1. The van der Waals surface area contributed by atoms with Crippen LogP contribution in [0.3, 0.4) is 0 Å². The van der Waals surface area contributed by atoms with E-state index in [1.165, 1.54) is 6.42 Å². The standard InChI is InChI=1S/C24H31N3O3/c1-18(19-6-7-21-17-22(30-2)9-8-20(21)16-19)23(28)25-12-14-27(15-13-25)24(29)26-10-4-3-5-11-26/h6-9,16-18H,3-5,10-15H2,1-2H3/t18-/m0/s1. The van der Waals surface area contributed by atoms with Gasteiger partial charge in [0, 0.05) is 39.3 Å². The molecule has 2 aliphatic rings. The molecule has 0 N–H and O–H groups in total. The zero-order chi connectivity index (χ0) is 21.1. The van der Waals surface area contributed by atoms with E-state index in [4.69, 9.17) is 4.74 Å². The highest BCUT2D eigenvalue weighted by Gasteiger charge is 2.30. The van der Waals surface area contributed by atoms with Crippen molar-refractivity contribution in [2.24, 2.45) is 0 Å². The van der Waals surface area contributed by atoms with E-state index < -0.39 is 0 Å². The molecule has 30 heavy (non-hydrogen) atoms. The summed E-state index contributed by atoms with van der Waals surface area (Å²) in [5, 5.41) is 2.20. The van der Waals surface area contributed by atoms with Crippen LogP contribution in [0.1, 0.15) is 37.7 Å². The van der Waals surface area contributed by atoms with Crippen molar-refractivity contribution < 1.29 is 14.3 Å². The number of carbonyl (C=O) groups excluding carboxylic acids is 2. The van der Waals surface area contributed by atoms with Crippen molar-refractivity contribution in [2.75, 3.05) is 46.4 Å². The molecule has 6 nitrogen and oxygen atoms in total. The van der Waals surface area contributed by atoms with E-state index in [1.54, 1.807) is 7.11 Å². The Balaban J connectivity index is 1.37. The molecule has 0 aliphatic carbocycles. The van der Waals surface area contributed by atoms with E-state index in [1.807, 2.05) is 52.0 Å². The summed E-state index contributed by atoms with van der Waals surface area (Å²) in [7, 11) is 1.66. The Morgan fingerprint density at radius 2 is 1.40 bits per heavy atom. The number of likely N-dealkylation sites (tertiary alicyclic amines) is 1. The lowest BCUT2D eigenvalue weighted by molar-refractivity contribution is -0.133. The van der Waals surface area contributed by atoms with Gasteiger partial charge in [-0.1, -0.05) is 24.3 Å². The minimum Gasteiger partial charge on any atom is -0.497 e. The van der Waals surface area contributed by atoms with Gasteiger partial charge in [-0.15, -0.1) is 0 Å². The number of urea groups is 1. The van der Waals surface area contributed by atoms with E-state index in [9.17, 15) is 9.59 Å². The summed E-state index contributed by atoms with van der Waals surface area (Å²) >= 11 is 0. The maximum absolute atomic E-state index is 13.1. The number of hydrogen-bond acceptors (Lipinski definition) is 3. The molecule has 2 aromatic carbocycles. The van der Waals surface area contributed by atoms with Crippen LogP contribution >= 0.6 is 0 Å². The van der Waals surface area contributed by atoms with Crippen LogP contribution in [-0.4, -0.2) is 73.0 Å². The summed E-state index contributed by atoms with van der Waals surface area (Å²) in [6, 6.07) is 12.3. The van der Waals surface area contributed by atoms with Crippen LogP contribution in [0.2, 0.25) is 0 Å². The zero-order valence-corrected chi connectivity index (χ0v) is 18.0. The Kier molecular flexibility index (Phi) is 6.11. The summed E-state index contributed by atoms with van der Waals surface area (Å²) in [4.78, 5) is 31.6. The number of amides is 3. The van der Waals surface area contributed by atoms with Crippen molar-refractivity contribution in [1.82, 2.24) is 14.7 Å². The number of benzene rings is 2. The van der Waals surface area contributed by atoms with Crippen molar-refractivity contribution in [3.63, 3.8) is 0 Å². The van der Waals surface area contributed by atoms with E-state index in [0.717, 1.165) is 48.0 Å². The summed E-state index contributed by atoms with van der Waals surface area (Å²) in [5.74, 6) is 0.755. The lowest BCUT2D eigenvalue weighted by Gasteiger charge is -2.39. The molecule has 3 amide bonds. The van der Waals surface area contributed by atoms with Crippen molar-refractivity contribution >= 4 is 22.7 Å². The fourth-order valence-electron chi connectivity index (χ4n) is 4.46. The third-order valence-electron chi connectivity index (χ3n) is 6.43. The quantitative estimate of drug-likeness (QED) is 0.777. The van der Waals surface area contributed by atoms with Crippen molar-refractivity contribution in [3.05, 3.63) is 42.0 Å². The van der Waals surface area contributed by atoms with E-state index in [-0.39, 0.29) is 17.9 Å². The van der Waals surface area contributed by atoms with Crippen LogP contribution in [0, 0.1) is 0 Å². The van der Waals surface area contributed by atoms with E-state index >= 15 is 0 Å². The number of nitrogens with zero attached hydrogens (tertiary/aromatic N) is 3. The fourth-order valence-corrected chi connectivity index (χ4v) is 4.46. The van der Waals surface area contributed by atoms with E-state index in [2.05, 4.69) is 6.07 Å². The number of fused-ring (bicyclic) bond motifs is 1. The average Bonchev–Trinajstić information content (AvgIpc) is 2.82. The molecule has 0 bridgehead atoms. The first-order chi connectivity index (χ1) is 14.6. The maximum atomic E-state index is 13.1. The van der Waals surface area contributed by atoms with Gasteiger partial charge >= 0.3 is 6.03 Å². The van der Waals surface area contributed by atoms with Crippen LogP contribution in [-0.2, 0) is 4.79 Å². The number of piperazine rings is 1. The highest BCUT2D eigenvalue weighted by molar-refractivity contribution is 5.88. The highest BCUT2D eigenvalue weighted by atomic mass is 16.5. The van der Waals surface area contributed by atoms with E-state index in [0.29, 0.717) is 26.2 Å². The van der Waals surface area contributed by atoms with Gasteiger partial charge in [0.05, 0.1) is 13.0 Å². The van der Waals surface area contributed by atoms with Crippen LogP contribution in [0.25, 0.3) is 10.8 Å². The largest absolute Gasteiger partial charge is 0.497 e. The Bertz CT molecular complexity index is 915. The second kappa shape index (κ2) is 8.94. The predicted octanol–water partition coefficient (Wildman–Crippen LogP) is 3.70. The van der Waals surface area contributed by atoms with Crippen molar-refractivity contribution in [2.45, 2.75) is 32.1 Å². The lowest BCUT2D eigenvalue weighted by Crippen LogP contribution is -2.55. The number of piperidine rings is 1. The second-order valence-electron chi connectivity index (χ2n) is 8.34. The molecule has 2 saturated heterocycles. The SMILES string of the molecule is COc1ccc2cc([C@H](C)C(=O)N3CCN(C(=O)N4CCCCC4)CC3)ccc2c1. The lowest BCUT2D eigenvalue weighted by atomic mass is 9.96. The molecule has 0 radical (unpaired) electrons. The minimum atomic E-state index is -0.208. The monoisotopic (exact) mass is 409 g/mol. The normalized spacial score (nSPS) is 18.4. The third-order valence-corrected chi connectivity index (χ3v) is 6.43. The molecule has 2 heterocycles. The molecular weight excluding hydrogens is 378 g/mol. The topological polar surface area (TPSA) is 53.1 Å². The van der Waals surface area contributed by atoms with Gasteiger partial charge in [-0.2, -0.15) is 0 Å².